The van der Waals surface area contributed by atoms with Crippen LogP contribution in [0.1, 0.15) is 49.9 Å². The van der Waals surface area contributed by atoms with Crippen LogP contribution in [0.5, 0.6) is 0 Å². The van der Waals surface area contributed by atoms with Crippen LogP contribution in [-0.4, -0.2) is 41.8 Å². The zero-order valence-corrected chi connectivity index (χ0v) is 13.5. The maximum atomic E-state index is 12.7. The van der Waals surface area contributed by atoms with Gasteiger partial charge in [0, 0.05) is 26.2 Å². The second-order valence-electron chi connectivity index (χ2n) is 8.58. The number of Topliss-reactive ketones (excluding diaryl/α,β-unsaturated/α-hetero) is 1. The molecule has 6 rings (SSSR count). The van der Waals surface area contributed by atoms with Gasteiger partial charge in [0.1, 0.15) is 5.78 Å². The Labute approximate surface area is 132 Å². The molecule has 4 saturated heterocycles. The molecule has 0 aromatic heterocycles. The van der Waals surface area contributed by atoms with Gasteiger partial charge < -0.3 is 0 Å². The van der Waals surface area contributed by atoms with Crippen LogP contribution in [0.3, 0.4) is 0 Å². The number of carbonyl (C=O) groups is 1. The largest absolute Gasteiger partial charge is 0.298 e. The molecule has 0 spiro atoms. The van der Waals surface area contributed by atoms with Gasteiger partial charge in [0.15, 0.2) is 0 Å². The standard InChI is InChI=1S/C19H24N2O/c1-18-9-20-11-19(2,17(18)22)12-21(10-18)16(20)15-7-5-14(6-8-15)13-3-4-13/h5-8,13,16H,3-4,9-12H2,1-2H3. The van der Waals surface area contributed by atoms with E-state index >= 15 is 0 Å². The summed E-state index contributed by atoms with van der Waals surface area (Å²) >= 11 is 0. The van der Waals surface area contributed by atoms with Crippen molar-refractivity contribution in [1.82, 2.24) is 9.80 Å². The number of hydrogen-bond acceptors (Lipinski definition) is 3. The average Bonchev–Trinajstić information content (AvgIpc) is 3.29. The molecule has 116 valence electrons. The lowest BCUT2D eigenvalue weighted by molar-refractivity contribution is -0.197. The van der Waals surface area contributed by atoms with Crippen molar-refractivity contribution in [3.8, 4) is 0 Å². The third-order valence-electron chi connectivity index (χ3n) is 6.28. The quantitative estimate of drug-likeness (QED) is 0.838. The number of ketones is 1. The minimum Gasteiger partial charge on any atom is -0.298 e. The minimum atomic E-state index is -0.157. The van der Waals surface area contributed by atoms with Gasteiger partial charge in [-0.05, 0) is 29.9 Å². The number of hydrogen-bond donors (Lipinski definition) is 0. The summed E-state index contributed by atoms with van der Waals surface area (Å²) < 4.78 is 0. The average molecular weight is 296 g/mol. The summed E-state index contributed by atoms with van der Waals surface area (Å²) in [4.78, 5) is 17.8. The highest BCUT2D eigenvalue weighted by molar-refractivity contribution is 5.92. The molecule has 5 aliphatic rings. The first-order valence-corrected chi connectivity index (χ1v) is 8.61. The number of rotatable bonds is 2. The van der Waals surface area contributed by atoms with E-state index in [1.165, 1.54) is 24.0 Å². The normalized spacial score (nSPS) is 46.3. The Morgan fingerprint density at radius 1 is 0.864 bits per heavy atom. The SMILES string of the molecule is CC12CN3CC(C)(CN(C1)C3c1ccc(C3CC3)cc1)C2=O. The topological polar surface area (TPSA) is 23.6 Å². The van der Waals surface area contributed by atoms with Gasteiger partial charge in [-0.15, -0.1) is 0 Å². The van der Waals surface area contributed by atoms with Crippen LogP contribution in [-0.2, 0) is 4.79 Å². The summed E-state index contributed by atoms with van der Waals surface area (Å²) in [5.74, 6) is 1.32. The second-order valence-corrected chi connectivity index (χ2v) is 8.58. The summed E-state index contributed by atoms with van der Waals surface area (Å²) in [6.45, 7) is 8.02. The first kappa shape index (κ1) is 13.3. The van der Waals surface area contributed by atoms with Gasteiger partial charge in [-0.25, -0.2) is 0 Å². The van der Waals surface area contributed by atoms with Crippen molar-refractivity contribution in [1.29, 1.82) is 0 Å². The molecular weight excluding hydrogens is 272 g/mol. The minimum absolute atomic E-state index is 0.157. The fourth-order valence-corrected chi connectivity index (χ4v) is 5.38. The Morgan fingerprint density at radius 2 is 1.32 bits per heavy atom. The third-order valence-corrected chi connectivity index (χ3v) is 6.28. The summed E-state index contributed by atoms with van der Waals surface area (Å²) in [7, 11) is 0. The Bertz CT molecular complexity index is 606. The third kappa shape index (κ3) is 1.67. The lowest BCUT2D eigenvalue weighted by atomic mass is 9.62. The van der Waals surface area contributed by atoms with E-state index in [0.717, 1.165) is 32.1 Å². The van der Waals surface area contributed by atoms with Gasteiger partial charge in [-0.1, -0.05) is 38.1 Å². The van der Waals surface area contributed by atoms with Crippen molar-refractivity contribution in [3.63, 3.8) is 0 Å². The van der Waals surface area contributed by atoms with Crippen molar-refractivity contribution >= 4 is 5.78 Å². The molecule has 4 aliphatic heterocycles. The van der Waals surface area contributed by atoms with E-state index in [1.807, 2.05) is 0 Å². The van der Waals surface area contributed by atoms with Gasteiger partial charge >= 0.3 is 0 Å². The molecule has 0 radical (unpaired) electrons. The van der Waals surface area contributed by atoms with Gasteiger partial charge in [-0.3, -0.25) is 14.6 Å². The Hall–Kier alpha value is -1.19. The molecule has 0 unspecified atom stereocenters. The van der Waals surface area contributed by atoms with E-state index in [4.69, 9.17) is 0 Å². The van der Waals surface area contributed by atoms with Crippen molar-refractivity contribution in [2.24, 2.45) is 10.8 Å². The second kappa shape index (κ2) is 4.01. The Kier molecular flexibility index (Phi) is 2.42. The van der Waals surface area contributed by atoms with Crippen LogP contribution in [0, 0.1) is 10.8 Å². The van der Waals surface area contributed by atoms with Gasteiger partial charge in [0.25, 0.3) is 0 Å². The predicted molar refractivity (Wildman–Crippen MR) is 85.5 cm³/mol. The lowest BCUT2D eigenvalue weighted by Crippen LogP contribution is -2.75. The first-order chi connectivity index (χ1) is 10.5. The van der Waals surface area contributed by atoms with E-state index in [0.29, 0.717) is 11.9 Å². The molecule has 4 bridgehead atoms. The number of carbonyl (C=O) groups excluding carboxylic acids is 1. The van der Waals surface area contributed by atoms with Crippen molar-refractivity contribution < 1.29 is 4.79 Å². The molecule has 1 aliphatic carbocycles. The molecule has 0 N–H and O–H groups in total. The number of benzene rings is 1. The van der Waals surface area contributed by atoms with Crippen LogP contribution in [0.4, 0.5) is 0 Å². The van der Waals surface area contributed by atoms with Crippen LogP contribution in [0.2, 0.25) is 0 Å². The molecular formula is C19H24N2O. The van der Waals surface area contributed by atoms with Gasteiger partial charge in [0.05, 0.1) is 17.0 Å². The molecule has 4 heterocycles. The molecule has 1 saturated carbocycles. The fourth-order valence-electron chi connectivity index (χ4n) is 5.38. The number of piperidine rings is 2. The molecule has 0 atom stereocenters. The smallest absolute Gasteiger partial charge is 0.149 e. The van der Waals surface area contributed by atoms with Crippen molar-refractivity contribution in [2.45, 2.75) is 38.8 Å². The summed E-state index contributed by atoms with van der Waals surface area (Å²) in [6.07, 6.45) is 3.10. The van der Waals surface area contributed by atoms with E-state index < -0.39 is 0 Å². The van der Waals surface area contributed by atoms with Crippen molar-refractivity contribution in [2.75, 3.05) is 26.2 Å². The lowest BCUT2D eigenvalue weighted by Gasteiger charge is -2.64. The molecule has 0 amide bonds. The predicted octanol–water partition coefficient (Wildman–Crippen LogP) is 2.79. The number of nitrogens with zero attached hydrogens (tertiary/aromatic N) is 2. The van der Waals surface area contributed by atoms with E-state index in [9.17, 15) is 4.79 Å². The zero-order chi connectivity index (χ0) is 15.1. The highest BCUT2D eigenvalue weighted by Crippen LogP contribution is 2.52. The summed E-state index contributed by atoms with van der Waals surface area (Å²) in [5.41, 5.74) is 2.60. The van der Waals surface area contributed by atoms with Gasteiger partial charge in [-0.2, -0.15) is 0 Å². The van der Waals surface area contributed by atoms with E-state index in [2.05, 4.69) is 47.9 Å². The van der Waals surface area contributed by atoms with Crippen LogP contribution in [0.25, 0.3) is 0 Å². The zero-order valence-electron chi connectivity index (χ0n) is 13.5. The molecule has 5 fully saturated rings. The molecule has 1 aromatic carbocycles. The highest BCUT2D eigenvalue weighted by Gasteiger charge is 2.61. The molecule has 1 aromatic rings. The van der Waals surface area contributed by atoms with E-state index in [-0.39, 0.29) is 10.8 Å². The Balaban J connectivity index is 1.49. The summed E-state index contributed by atoms with van der Waals surface area (Å²) in [6, 6.07) is 9.31. The molecule has 3 nitrogen and oxygen atoms in total. The maximum absolute atomic E-state index is 12.7. The Morgan fingerprint density at radius 3 is 1.77 bits per heavy atom. The van der Waals surface area contributed by atoms with Crippen LogP contribution >= 0.6 is 0 Å². The van der Waals surface area contributed by atoms with Crippen LogP contribution < -0.4 is 0 Å². The van der Waals surface area contributed by atoms with Gasteiger partial charge in [0.2, 0.25) is 0 Å². The summed E-state index contributed by atoms with van der Waals surface area (Å²) in [5, 5.41) is 0. The molecule has 22 heavy (non-hydrogen) atoms. The first-order valence-electron chi connectivity index (χ1n) is 8.61. The monoisotopic (exact) mass is 296 g/mol. The van der Waals surface area contributed by atoms with Crippen LogP contribution in [0.15, 0.2) is 24.3 Å². The van der Waals surface area contributed by atoms with E-state index in [1.54, 1.807) is 0 Å². The molecule has 3 heteroatoms. The maximum Gasteiger partial charge on any atom is 0.149 e. The fraction of sp³-hybridized carbons (Fsp3) is 0.632. The highest BCUT2D eigenvalue weighted by atomic mass is 16.1. The van der Waals surface area contributed by atoms with Crippen molar-refractivity contribution in [3.05, 3.63) is 35.4 Å².